The van der Waals surface area contributed by atoms with Crippen LogP contribution in [-0.2, 0) is 0 Å². The van der Waals surface area contributed by atoms with Crippen LogP contribution in [0.2, 0.25) is 0 Å². The Morgan fingerprint density at radius 1 is 0.0896 bits per heavy atom. The number of rotatable bonds is 12. The zero-order valence-corrected chi connectivity index (χ0v) is 72.6. The van der Waals surface area contributed by atoms with Gasteiger partial charge in [0.15, 0.2) is 0 Å². The second-order valence-electron chi connectivity index (χ2n) is 35.8. The van der Waals surface area contributed by atoms with E-state index in [4.69, 9.17) is 0 Å². The first-order chi connectivity index (χ1) is 66.5. The molecule has 622 valence electrons. The Kier molecular flexibility index (Phi) is 15.9. The molecular weight excluding hydrogens is 1630 g/mol. The maximum Gasteiger partial charge on any atom is 0.0788 e. The van der Waals surface area contributed by atoms with E-state index in [9.17, 15) is 0 Å². The normalized spacial score (nSPS) is 12.2. The molecule has 8 aromatic heterocycles. The first kappa shape index (κ1) is 74.0. The van der Waals surface area contributed by atoms with Gasteiger partial charge in [-0.1, -0.05) is 322 Å². The Bertz CT molecular complexity index is 8950. The molecule has 21 aromatic carbocycles. The number of hydrogen-bond donors (Lipinski definition) is 0. The minimum atomic E-state index is 1.05. The summed E-state index contributed by atoms with van der Waals surface area (Å²) in [6.07, 6.45) is 0. The van der Waals surface area contributed by atoms with Crippen LogP contribution < -0.4 is 0 Å². The Hall–Kier alpha value is -18.0. The van der Waals surface area contributed by atoms with Gasteiger partial charge in [-0.3, -0.25) is 0 Å². The van der Waals surface area contributed by atoms with Crippen LogP contribution >= 0.6 is 0 Å². The van der Waals surface area contributed by atoms with E-state index in [2.05, 4.69) is 510 Å². The summed E-state index contributed by atoms with van der Waals surface area (Å²) in [5.74, 6) is 0. The topological polar surface area (TPSA) is 39.4 Å². The Labute approximate surface area is 768 Å². The van der Waals surface area contributed by atoms with Gasteiger partial charge in [-0.05, 0) is 196 Å². The average molecular weight is 1700 g/mol. The molecule has 0 aliphatic rings. The third kappa shape index (κ3) is 10.8. The highest BCUT2D eigenvalue weighted by molar-refractivity contribution is 6.29. The Morgan fingerprint density at radius 3 is 0.418 bits per heavy atom. The van der Waals surface area contributed by atoms with Crippen LogP contribution in [0.1, 0.15) is 0 Å². The van der Waals surface area contributed by atoms with Crippen LogP contribution in [0.15, 0.2) is 473 Å². The van der Waals surface area contributed by atoms with Gasteiger partial charge < -0.3 is 36.5 Å². The largest absolute Gasteiger partial charge is 0.307 e. The van der Waals surface area contributed by atoms with E-state index >= 15 is 0 Å². The molecule has 0 saturated carbocycles. The van der Waals surface area contributed by atoms with Crippen LogP contribution in [-0.4, -0.2) is 36.5 Å². The molecule has 0 saturated heterocycles. The minimum Gasteiger partial charge on any atom is -0.307 e. The van der Waals surface area contributed by atoms with Crippen LogP contribution in [0.25, 0.3) is 264 Å². The van der Waals surface area contributed by atoms with Crippen molar-refractivity contribution in [1.82, 2.24) is 36.5 Å². The molecule has 8 heteroatoms. The number of para-hydroxylation sites is 12. The maximum absolute atomic E-state index is 2.57. The quantitative estimate of drug-likeness (QED) is 0.117. The molecule has 0 aliphatic heterocycles. The van der Waals surface area contributed by atoms with E-state index in [1.54, 1.807) is 0 Å². The van der Waals surface area contributed by atoms with Crippen LogP contribution in [0, 0.1) is 0 Å². The van der Waals surface area contributed by atoms with Gasteiger partial charge in [0.25, 0.3) is 0 Å². The summed E-state index contributed by atoms with van der Waals surface area (Å²) in [6.45, 7) is 0. The second-order valence-corrected chi connectivity index (χ2v) is 35.8. The predicted molar refractivity (Wildman–Crippen MR) is 563 cm³/mol. The number of benzene rings is 21. The van der Waals surface area contributed by atoms with E-state index < -0.39 is 0 Å². The molecule has 0 fully saturated rings. The van der Waals surface area contributed by atoms with Crippen LogP contribution in [0.5, 0.6) is 0 Å². The van der Waals surface area contributed by atoms with Crippen molar-refractivity contribution < 1.29 is 0 Å². The number of hydrogen-bond acceptors (Lipinski definition) is 0. The molecule has 0 aliphatic carbocycles. The van der Waals surface area contributed by atoms with Gasteiger partial charge in [-0.2, -0.15) is 0 Å². The Morgan fingerprint density at radius 2 is 0.239 bits per heavy atom. The lowest BCUT2D eigenvalue weighted by molar-refractivity contribution is 1.12. The molecule has 29 aromatic rings. The molecule has 0 N–H and O–H groups in total. The molecule has 0 atom stereocenters. The fourth-order valence-electron chi connectivity index (χ4n) is 23.1. The van der Waals surface area contributed by atoms with Gasteiger partial charge in [-0.25, -0.2) is 0 Å². The molecule has 134 heavy (non-hydrogen) atoms. The summed E-state index contributed by atoms with van der Waals surface area (Å²) in [6, 6.07) is 177. The van der Waals surface area contributed by atoms with Gasteiger partial charge in [-0.15, -0.1) is 0 Å². The summed E-state index contributed by atoms with van der Waals surface area (Å²) in [4.78, 5) is 0. The number of fused-ring (bicyclic) bond motifs is 28. The lowest BCUT2D eigenvalue weighted by atomic mass is 9.94. The highest BCUT2D eigenvalue weighted by Gasteiger charge is 2.30. The first-order valence-electron chi connectivity index (χ1n) is 46.2. The van der Waals surface area contributed by atoms with Crippen LogP contribution in [0.4, 0.5) is 0 Å². The average Bonchev–Trinajstić information content (AvgIpc) is 1.20. The van der Waals surface area contributed by atoms with Gasteiger partial charge in [0.2, 0.25) is 0 Å². The van der Waals surface area contributed by atoms with Crippen molar-refractivity contribution in [3.63, 3.8) is 0 Å². The Balaban J connectivity index is 0.645. The van der Waals surface area contributed by atoms with E-state index in [0.29, 0.717) is 0 Å². The van der Waals surface area contributed by atoms with Crippen molar-refractivity contribution >= 4 is 174 Å². The van der Waals surface area contributed by atoms with Crippen molar-refractivity contribution in [2.24, 2.45) is 0 Å². The van der Waals surface area contributed by atoms with Crippen LogP contribution in [0.3, 0.4) is 0 Å². The fraction of sp³-hybridized carbons (Fsp3) is 0. The van der Waals surface area contributed by atoms with Crippen molar-refractivity contribution in [3.05, 3.63) is 473 Å². The minimum absolute atomic E-state index is 1.05. The monoisotopic (exact) mass is 1700 g/mol. The molecule has 8 nitrogen and oxygen atoms in total. The van der Waals surface area contributed by atoms with Gasteiger partial charge in [0, 0.05) is 132 Å². The van der Waals surface area contributed by atoms with Crippen molar-refractivity contribution in [2.75, 3.05) is 0 Å². The second kappa shape index (κ2) is 28.8. The van der Waals surface area contributed by atoms with Gasteiger partial charge in [0.1, 0.15) is 0 Å². The SMILES string of the molecule is c1ccc(-n2c3ccccc3c3ccc4c5ccccc5n(-c5cc(-c6cccc(-c7cccc(-c8cccc(-c9cc(-n%10c%11ccccc%11c%11ccc%12c%13ccccc%13n(-c%13ccccc%13)c%12c%11%10)cc(-n%10c%11ccccc%11c%11ccc%12c%13ccccc%13n(-c%13ccccc%13)c%12c%11%10)c9)c8)c7)c6)cc(-n6c7ccccc7c7ccc8c9ccccc9n(-c9ccccc9)c8c76)c5)c4c32)cc1. The molecule has 0 radical (unpaired) electrons. The van der Waals surface area contributed by atoms with Crippen molar-refractivity contribution in [1.29, 1.82) is 0 Å². The maximum atomic E-state index is 2.57. The van der Waals surface area contributed by atoms with E-state index in [-0.39, 0.29) is 0 Å². The standard InChI is InChI=1S/C126H78N8/c1-5-38-87(39-6-1)127-111-54-21-13-46-95(111)103-62-66-107-99-50-17-25-58-115(99)131(123(107)119(103)127)91-73-85(74-92(77-91)132-116-59-26-18-51-100(116)108-67-63-104-96-47-14-22-55-112(96)128(120(104)124(108)132)88-40-7-2-8-41-88)83-36-30-34-81(71-83)79-32-29-33-80(70-79)82-35-31-37-84(72-82)86-75-93(133-117-60-27-19-52-101(117)109-68-64-105-97-48-15-23-56-113(97)129(121(105)125(109)133)89-42-9-3-10-43-89)78-94(76-86)134-118-61-28-20-53-102(118)110-69-65-106-98-49-16-24-57-114(98)130(122(106)126(110)134)90-44-11-4-12-45-90/h1-78H. The van der Waals surface area contributed by atoms with Crippen molar-refractivity contribution in [2.45, 2.75) is 0 Å². The highest BCUT2D eigenvalue weighted by Crippen LogP contribution is 2.51. The van der Waals surface area contributed by atoms with Gasteiger partial charge >= 0.3 is 0 Å². The third-order valence-corrected chi connectivity index (χ3v) is 28.7. The zero-order valence-electron chi connectivity index (χ0n) is 72.6. The molecular formula is C126H78N8. The van der Waals surface area contributed by atoms with E-state index in [1.807, 2.05) is 0 Å². The molecule has 8 heterocycles. The summed E-state index contributed by atoms with van der Waals surface area (Å²) < 4.78 is 20.3. The summed E-state index contributed by atoms with van der Waals surface area (Å²) in [5.41, 5.74) is 35.8. The molecule has 0 spiro atoms. The predicted octanol–water partition coefficient (Wildman–Crippen LogP) is 33.1. The summed E-state index contributed by atoms with van der Waals surface area (Å²) in [7, 11) is 0. The van der Waals surface area contributed by atoms with E-state index in [0.717, 1.165) is 178 Å². The highest BCUT2D eigenvalue weighted by atomic mass is 15.1. The third-order valence-electron chi connectivity index (χ3n) is 28.7. The lowest BCUT2D eigenvalue weighted by Crippen LogP contribution is -2.02. The number of nitrogens with zero attached hydrogens (tertiary/aromatic N) is 8. The summed E-state index contributed by atoms with van der Waals surface area (Å²) >= 11 is 0. The zero-order chi connectivity index (χ0) is 87.5. The molecule has 29 rings (SSSR count). The smallest absolute Gasteiger partial charge is 0.0788 e. The fourth-order valence-corrected chi connectivity index (χ4v) is 23.1. The summed E-state index contributed by atoms with van der Waals surface area (Å²) in [5, 5.41) is 19.1. The van der Waals surface area contributed by atoms with E-state index in [1.165, 1.54) is 86.2 Å². The lowest BCUT2D eigenvalue weighted by Gasteiger charge is -2.18. The number of aromatic nitrogens is 8. The van der Waals surface area contributed by atoms with Crippen molar-refractivity contribution in [3.8, 4) is 90.0 Å². The molecule has 0 bridgehead atoms. The first-order valence-corrected chi connectivity index (χ1v) is 46.2. The molecule has 0 unspecified atom stereocenters. The molecule has 0 amide bonds. The van der Waals surface area contributed by atoms with Gasteiger partial charge in [0.05, 0.1) is 88.3 Å².